The Hall–Kier alpha value is -2.36. The maximum Gasteiger partial charge on any atom is 0.223 e. The Morgan fingerprint density at radius 3 is 2.64 bits per heavy atom. The molecule has 1 heterocycles. The SMILES string of the molecule is Nc1ccccc1CCC(=O)N(Cc1ccccn1)C1CC1. The number of benzene rings is 1. The fourth-order valence-electron chi connectivity index (χ4n) is 2.62. The van der Waals surface area contributed by atoms with E-state index in [0.29, 0.717) is 25.4 Å². The summed E-state index contributed by atoms with van der Waals surface area (Å²) in [7, 11) is 0. The predicted molar refractivity (Wildman–Crippen MR) is 87.0 cm³/mol. The molecule has 0 saturated heterocycles. The second-order valence-corrected chi connectivity index (χ2v) is 5.77. The number of nitrogens with zero attached hydrogens (tertiary/aromatic N) is 2. The van der Waals surface area contributed by atoms with E-state index in [2.05, 4.69) is 4.98 Å². The van der Waals surface area contributed by atoms with Gasteiger partial charge in [0.25, 0.3) is 0 Å². The summed E-state index contributed by atoms with van der Waals surface area (Å²) in [5.41, 5.74) is 8.70. The van der Waals surface area contributed by atoms with Gasteiger partial charge in [0.2, 0.25) is 5.91 Å². The first-order valence-corrected chi connectivity index (χ1v) is 7.77. The Morgan fingerprint density at radius 2 is 1.95 bits per heavy atom. The largest absolute Gasteiger partial charge is 0.399 e. The fraction of sp³-hybridized carbons (Fsp3) is 0.333. The molecule has 0 unspecified atom stereocenters. The van der Waals surface area contributed by atoms with Crippen LogP contribution in [0.1, 0.15) is 30.5 Å². The van der Waals surface area contributed by atoms with E-state index in [-0.39, 0.29) is 5.91 Å². The molecule has 4 heteroatoms. The Balaban J connectivity index is 1.62. The molecule has 0 atom stereocenters. The molecule has 0 bridgehead atoms. The summed E-state index contributed by atoms with van der Waals surface area (Å²) in [6.45, 7) is 0.606. The molecule has 1 fully saturated rings. The van der Waals surface area contributed by atoms with E-state index in [1.54, 1.807) is 6.20 Å². The third-order valence-electron chi connectivity index (χ3n) is 4.03. The average Bonchev–Trinajstić information content (AvgIpc) is 3.37. The van der Waals surface area contributed by atoms with Crippen LogP contribution in [-0.2, 0) is 17.8 Å². The maximum absolute atomic E-state index is 12.6. The number of nitrogens with two attached hydrogens (primary N) is 1. The molecular weight excluding hydrogens is 274 g/mol. The summed E-state index contributed by atoms with van der Waals surface area (Å²) in [4.78, 5) is 18.9. The number of aryl methyl sites for hydroxylation is 1. The van der Waals surface area contributed by atoms with Crippen molar-refractivity contribution in [2.75, 3.05) is 5.73 Å². The molecule has 1 amide bonds. The second kappa shape index (κ2) is 6.60. The Morgan fingerprint density at radius 1 is 1.18 bits per heavy atom. The number of carbonyl (C=O) groups is 1. The first-order valence-electron chi connectivity index (χ1n) is 7.77. The first-order chi connectivity index (χ1) is 10.7. The number of pyridine rings is 1. The van der Waals surface area contributed by atoms with E-state index in [9.17, 15) is 4.79 Å². The van der Waals surface area contributed by atoms with Gasteiger partial charge in [0, 0.05) is 24.3 Å². The van der Waals surface area contributed by atoms with Crippen LogP contribution in [-0.4, -0.2) is 21.8 Å². The first kappa shape index (κ1) is 14.6. The molecule has 4 nitrogen and oxygen atoms in total. The van der Waals surface area contributed by atoms with Crippen LogP contribution in [0, 0.1) is 0 Å². The van der Waals surface area contributed by atoms with Crippen molar-refractivity contribution >= 4 is 11.6 Å². The minimum atomic E-state index is 0.191. The number of hydrogen-bond acceptors (Lipinski definition) is 3. The lowest BCUT2D eigenvalue weighted by molar-refractivity contribution is -0.132. The van der Waals surface area contributed by atoms with E-state index in [1.807, 2.05) is 47.4 Å². The van der Waals surface area contributed by atoms with Crippen LogP contribution in [0.25, 0.3) is 0 Å². The molecule has 2 aromatic rings. The number of para-hydroxylation sites is 1. The molecule has 1 saturated carbocycles. The minimum absolute atomic E-state index is 0.191. The molecule has 0 aliphatic heterocycles. The minimum Gasteiger partial charge on any atom is -0.399 e. The molecule has 22 heavy (non-hydrogen) atoms. The highest BCUT2D eigenvalue weighted by atomic mass is 16.2. The van der Waals surface area contributed by atoms with E-state index in [0.717, 1.165) is 29.8 Å². The summed E-state index contributed by atoms with van der Waals surface area (Å²) in [6, 6.07) is 14.0. The Labute approximate surface area is 131 Å². The zero-order chi connectivity index (χ0) is 15.4. The summed E-state index contributed by atoms with van der Waals surface area (Å²) in [6.07, 6.45) is 5.17. The molecule has 0 spiro atoms. The van der Waals surface area contributed by atoms with Crippen molar-refractivity contribution in [2.24, 2.45) is 0 Å². The molecule has 1 aromatic carbocycles. The topological polar surface area (TPSA) is 59.2 Å². The quantitative estimate of drug-likeness (QED) is 0.834. The highest BCUT2D eigenvalue weighted by molar-refractivity contribution is 5.77. The monoisotopic (exact) mass is 295 g/mol. The van der Waals surface area contributed by atoms with Crippen LogP contribution in [0.2, 0.25) is 0 Å². The van der Waals surface area contributed by atoms with Crippen molar-refractivity contribution < 1.29 is 4.79 Å². The number of hydrogen-bond donors (Lipinski definition) is 1. The number of nitrogen functional groups attached to an aromatic ring is 1. The van der Waals surface area contributed by atoms with Gasteiger partial charge in [-0.05, 0) is 43.0 Å². The van der Waals surface area contributed by atoms with E-state index in [4.69, 9.17) is 5.73 Å². The molecule has 1 aromatic heterocycles. The summed E-state index contributed by atoms with van der Waals surface area (Å²) < 4.78 is 0. The van der Waals surface area contributed by atoms with Crippen molar-refractivity contribution in [3.8, 4) is 0 Å². The van der Waals surface area contributed by atoms with Crippen LogP contribution in [0.15, 0.2) is 48.7 Å². The summed E-state index contributed by atoms with van der Waals surface area (Å²) in [5.74, 6) is 0.191. The van der Waals surface area contributed by atoms with E-state index >= 15 is 0 Å². The average molecular weight is 295 g/mol. The summed E-state index contributed by atoms with van der Waals surface area (Å²) >= 11 is 0. The van der Waals surface area contributed by atoms with Crippen molar-refractivity contribution in [1.82, 2.24) is 9.88 Å². The normalized spacial score (nSPS) is 13.8. The van der Waals surface area contributed by atoms with Gasteiger partial charge < -0.3 is 10.6 Å². The van der Waals surface area contributed by atoms with Gasteiger partial charge in [-0.15, -0.1) is 0 Å². The van der Waals surface area contributed by atoms with Gasteiger partial charge in [-0.1, -0.05) is 24.3 Å². The van der Waals surface area contributed by atoms with Gasteiger partial charge in [-0.3, -0.25) is 9.78 Å². The standard InChI is InChI=1S/C18H21N3O/c19-17-7-2-1-5-14(17)8-11-18(22)21(16-9-10-16)13-15-6-3-4-12-20-15/h1-7,12,16H,8-11,13,19H2. The van der Waals surface area contributed by atoms with Crippen molar-refractivity contribution in [1.29, 1.82) is 0 Å². The highest BCUT2D eigenvalue weighted by Crippen LogP contribution is 2.29. The molecular formula is C18H21N3O. The molecule has 1 aliphatic carbocycles. The van der Waals surface area contributed by atoms with Gasteiger partial charge in [-0.25, -0.2) is 0 Å². The third-order valence-corrected chi connectivity index (χ3v) is 4.03. The number of carbonyl (C=O) groups excluding carboxylic acids is 1. The van der Waals surface area contributed by atoms with Crippen LogP contribution in [0.5, 0.6) is 0 Å². The summed E-state index contributed by atoms with van der Waals surface area (Å²) in [5, 5.41) is 0. The smallest absolute Gasteiger partial charge is 0.223 e. The van der Waals surface area contributed by atoms with Crippen molar-refractivity contribution in [2.45, 2.75) is 38.3 Å². The predicted octanol–water partition coefficient (Wildman–Crippen LogP) is 2.79. The van der Waals surface area contributed by atoms with Gasteiger partial charge in [0.05, 0.1) is 12.2 Å². The van der Waals surface area contributed by atoms with Gasteiger partial charge in [-0.2, -0.15) is 0 Å². The van der Waals surface area contributed by atoms with Crippen LogP contribution in [0.3, 0.4) is 0 Å². The van der Waals surface area contributed by atoms with E-state index in [1.165, 1.54) is 0 Å². The number of aromatic nitrogens is 1. The third kappa shape index (κ3) is 3.64. The number of anilines is 1. The molecule has 1 aliphatic rings. The Bertz CT molecular complexity index is 638. The zero-order valence-corrected chi connectivity index (χ0v) is 12.6. The zero-order valence-electron chi connectivity index (χ0n) is 12.6. The highest BCUT2D eigenvalue weighted by Gasteiger charge is 2.32. The van der Waals surface area contributed by atoms with Gasteiger partial charge in [0.1, 0.15) is 0 Å². The fourth-order valence-corrected chi connectivity index (χ4v) is 2.62. The molecule has 3 rings (SSSR count). The molecule has 0 radical (unpaired) electrons. The Kier molecular flexibility index (Phi) is 4.37. The second-order valence-electron chi connectivity index (χ2n) is 5.77. The van der Waals surface area contributed by atoms with Crippen LogP contribution >= 0.6 is 0 Å². The van der Waals surface area contributed by atoms with E-state index < -0.39 is 0 Å². The lowest BCUT2D eigenvalue weighted by Crippen LogP contribution is -2.33. The maximum atomic E-state index is 12.6. The lowest BCUT2D eigenvalue weighted by atomic mass is 10.1. The molecule has 114 valence electrons. The van der Waals surface area contributed by atoms with Gasteiger partial charge >= 0.3 is 0 Å². The van der Waals surface area contributed by atoms with Crippen molar-refractivity contribution in [3.63, 3.8) is 0 Å². The van der Waals surface area contributed by atoms with Crippen LogP contribution < -0.4 is 5.73 Å². The molecule has 2 N–H and O–H groups in total. The number of amides is 1. The van der Waals surface area contributed by atoms with Crippen LogP contribution in [0.4, 0.5) is 5.69 Å². The van der Waals surface area contributed by atoms with Crippen molar-refractivity contribution in [3.05, 3.63) is 59.9 Å². The lowest BCUT2D eigenvalue weighted by Gasteiger charge is -2.22. The number of rotatable bonds is 6. The van der Waals surface area contributed by atoms with Gasteiger partial charge in [0.15, 0.2) is 0 Å².